The maximum atomic E-state index is 13.2. The number of aryl methyl sites for hydroxylation is 2. The van der Waals surface area contributed by atoms with Crippen molar-refractivity contribution in [3.8, 4) is 11.5 Å². The van der Waals surface area contributed by atoms with Crippen molar-refractivity contribution < 1.29 is 18.7 Å². The second-order valence-electron chi connectivity index (χ2n) is 4.39. The second kappa shape index (κ2) is 5.74. The number of ether oxygens (including phenoxy) is 1. The highest BCUT2D eigenvalue weighted by Gasteiger charge is 2.15. The van der Waals surface area contributed by atoms with Crippen molar-refractivity contribution in [1.29, 1.82) is 0 Å². The molecule has 110 valence electrons. The molecule has 0 bridgehead atoms. The number of pyridine rings is 1. The van der Waals surface area contributed by atoms with Gasteiger partial charge >= 0.3 is 0 Å². The summed E-state index contributed by atoms with van der Waals surface area (Å²) in [5.74, 6) is -1.86. The largest absolute Gasteiger partial charge is 0.456 e. The number of hydrogen-bond acceptors (Lipinski definition) is 4. The summed E-state index contributed by atoms with van der Waals surface area (Å²) in [6, 6.07) is 4.70. The normalized spacial score (nSPS) is 11.5. The Morgan fingerprint density at radius 2 is 1.95 bits per heavy atom. The van der Waals surface area contributed by atoms with Crippen LogP contribution in [0.1, 0.15) is 17.0 Å². The van der Waals surface area contributed by atoms with E-state index in [1.54, 1.807) is 19.9 Å². The van der Waals surface area contributed by atoms with Crippen molar-refractivity contribution in [2.24, 2.45) is 10.9 Å². The lowest BCUT2D eigenvalue weighted by molar-refractivity contribution is 0.318. The fraction of sp³-hybridized carbons (Fsp3) is 0.143. The molecule has 0 saturated heterocycles. The number of halogens is 2. The molecular weight excluding hydrogens is 280 g/mol. The molecule has 0 saturated carbocycles. The monoisotopic (exact) mass is 293 g/mol. The summed E-state index contributed by atoms with van der Waals surface area (Å²) in [4.78, 5) is 4.19. The van der Waals surface area contributed by atoms with Crippen molar-refractivity contribution in [1.82, 2.24) is 4.98 Å². The Labute approximate surface area is 119 Å². The van der Waals surface area contributed by atoms with Crippen molar-refractivity contribution in [2.75, 3.05) is 0 Å². The van der Waals surface area contributed by atoms with Gasteiger partial charge in [0.15, 0.2) is 17.5 Å². The van der Waals surface area contributed by atoms with E-state index in [0.29, 0.717) is 11.4 Å². The van der Waals surface area contributed by atoms with Gasteiger partial charge in [-0.1, -0.05) is 5.16 Å². The zero-order chi connectivity index (χ0) is 15.6. The molecule has 0 radical (unpaired) electrons. The van der Waals surface area contributed by atoms with Crippen LogP contribution in [0.5, 0.6) is 11.5 Å². The van der Waals surface area contributed by atoms with E-state index in [9.17, 15) is 8.78 Å². The van der Waals surface area contributed by atoms with E-state index in [0.717, 1.165) is 12.1 Å². The maximum Gasteiger partial charge on any atom is 0.175 e. The standard InChI is InChI=1S/C14H13F2N3O2/c1-7-5-12(13(8(2)18-7)14(17)19-20)21-9-3-4-10(15)11(16)6-9/h3-6,20H,1-2H3,(H2,17,19). The first-order chi connectivity index (χ1) is 9.92. The van der Waals surface area contributed by atoms with E-state index in [1.807, 2.05) is 0 Å². The Balaban J connectivity index is 2.50. The highest BCUT2D eigenvalue weighted by molar-refractivity contribution is 6.00. The first-order valence-corrected chi connectivity index (χ1v) is 6.01. The Hall–Kier alpha value is -2.70. The van der Waals surface area contributed by atoms with Gasteiger partial charge < -0.3 is 15.7 Å². The number of rotatable bonds is 3. The van der Waals surface area contributed by atoms with Crippen LogP contribution in [0.3, 0.4) is 0 Å². The predicted octanol–water partition coefficient (Wildman–Crippen LogP) is 2.86. The molecule has 7 heteroatoms. The quantitative estimate of drug-likeness (QED) is 0.394. The molecule has 1 aromatic carbocycles. The summed E-state index contributed by atoms with van der Waals surface area (Å²) in [6.07, 6.45) is 0. The molecule has 0 aliphatic rings. The third kappa shape index (κ3) is 3.07. The summed E-state index contributed by atoms with van der Waals surface area (Å²) >= 11 is 0. The number of benzene rings is 1. The van der Waals surface area contributed by atoms with E-state index in [-0.39, 0.29) is 22.9 Å². The molecule has 1 aromatic heterocycles. The number of nitrogens with zero attached hydrogens (tertiary/aromatic N) is 2. The lowest BCUT2D eigenvalue weighted by atomic mass is 10.1. The van der Waals surface area contributed by atoms with Crippen molar-refractivity contribution in [3.05, 3.63) is 52.9 Å². The van der Waals surface area contributed by atoms with Crippen molar-refractivity contribution in [2.45, 2.75) is 13.8 Å². The van der Waals surface area contributed by atoms with Gasteiger partial charge in [-0.25, -0.2) is 8.78 Å². The summed E-state index contributed by atoms with van der Waals surface area (Å²) in [7, 11) is 0. The summed E-state index contributed by atoms with van der Waals surface area (Å²) in [5.41, 5.74) is 7.01. The van der Waals surface area contributed by atoms with Crippen LogP contribution in [0, 0.1) is 25.5 Å². The number of amidine groups is 1. The van der Waals surface area contributed by atoms with Crippen LogP contribution >= 0.6 is 0 Å². The van der Waals surface area contributed by atoms with Gasteiger partial charge in [0.2, 0.25) is 0 Å². The SMILES string of the molecule is Cc1cc(Oc2ccc(F)c(F)c2)c(/C(N)=N/O)c(C)n1. The minimum absolute atomic E-state index is 0.0888. The average molecular weight is 293 g/mol. The molecule has 0 atom stereocenters. The number of hydrogen-bond donors (Lipinski definition) is 2. The van der Waals surface area contributed by atoms with E-state index >= 15 is 0 Å². The Kier molecular flexibility index (Phi) is 4.02. The smallest absolute Gasteiger partial charge is 0.175 e. The fourth-order valence-corrected chi connectivity index (χ4v) is 1.90. The third-order valence-corrected chi connectivity index (χ3v) is 2.77. The van der Waals surface area contributed by atoms with Gasteiger partial charge in [0.25, 0.3) is 0 Å². The van der Waals surface area contributed by atoms with E-state index in [2.05, 4.69) is 10.1 Å². The maximum absolute atomic E-state index is 13.2. The molecule has 2 rings (SSSR count). The zero-order valence-electron chi connectivity index (χ0n) is 11.4. The van der Waals surface area contributed by atoms with Gasteiger partial charge in [-0.15, -0.1) is 0 Å². The molecule has 0 aliphatic carbocycles. The van der Waals surface area contributed by atoms with Crippen LogP contribution in [0.15, 0.2) is 29.4 Å². The fourth-order valence-electron chi connectivity index (χ4n) is 1.90. The van der Waals surface area contributed by atoms with Gasteiger partial charge in [-0.05, 0) is 26.0 Å². The molecule has 1 heterocycles. The van der Waals surface area contributed by atoms with Crippen molar-refractivity contribution >= 4 is 5.84 Å². The van der Waals surface area contributed by atoms with Gasteiger partial charge in [0.1, 0.15) is 11.5 Å². The Morgan fingerprint density at radius 3 is 2.57 bits per heavy atom. The minimum Gasteiger partial charge on any atom is -0.456 e. The van der Waals surface area contributed by atoms with Crippen molar-refractivity contribution in [3.63, 3.8) is 0 Å². The first kappa shape index (κ1) is 14.7. The molecule has 0 amide bonds. The average Bonchev–Trinajstić information content (AvgIpc) is 2.41. The van der Waals surface area contributed by atoms with Crippen LogP contribution < -0.4 is 10.5 Å². The summed E-state index contributed by atoms with van der Waals surface area (Å²) < 4.78 is 31.6. The molecule has 0 unspecified atom stereocenters. The topological polar surface area (TPSA) is 80.7 Å². The molecule has 0 aliphatic heterocycles. The Morgan fingerprint density at radius 1 is 1.24 bits per heavy atom. The molecular formula is C14H13F2N3O2. The van der Waals surface area contributed by atoms with E-state index in [4.69, 9.17) is 15.7 Å². The lowest BCUT2D eigenvalue weighted by Crippen LogP contribution is -2.17. The zero-order valence-corrected chi connectivity index (χ0v) is 11.4. The van der Waals surface area contributed by atoms with Crippen LogP contribution in [0.4, 0.5) is 8.78 Å². The van der Waals surface area contributed by atoms with Crippen LogP contribution in [-0.2, 0) is 0 Å². The van der Waals surface area contributed by atoms with Gasteiger partial charge in [-0.3, -0.25) is 4.98 Å². The van der Waals surface area contributed by atoms with Gasteiger partial charge in [0.05, 0.1) is 11.3 Å². The predicted molar refractivity (Wildman–Crippen MR) is 72.7 cm³/mol. The number of aromatic nitrogens is 1. The Bertz CT molecular complexity index is 718. The van der Waals surface area contributed by atoms with Crippen LogP contribution in [0.25, 0.3) is 0 Å². The highest BCUT2D eigenvalue weighted by Crippen LogP contribution is 2.28. The number of nitrogens with two attached hydrogens (primary N) is 1. The van der Waals surface area contributed by atoms with Gasteiger partial charge in [-0.2, -0.15) is 0 Å². The molecule has 0 spiro atoms. The summed E-state index contributed by atoms with van der Waals surface area (Å²) in [5, 5.41) is 11.7. The minimum atomic E-state index is -1.03. The second-order valence-corrected chi connectivity index (χ2v) is 4.39. The molecule has 5 nitrogen and oxygen atoms in total. The van der Waals surface area contributed by atoms with Crippen LogP contribution in [-0.4, -0.2) is 16.0 Å². The van der Waals surface area contributed by atoms with Crippen LogP contribution in [0.2, 0.25) is 0 Å². The van der Waals surface area contributed by atoms with E-state index in [1.165, 1.54) is 6.07 Å². The van der Waals surface area contributed by atoms with Gasteiger partial charge in [0, 0.05) is 17.8 Å². The molecule has 2 aromatic rings. The molecule has 3 N–H and O–H groups in total. The molecule has 0 fully saturated rings. The lowest BCUT2D eigenvalue weighted by Gasteiger charge is -2.13. The third-order valence-electron chi connectivity index (χ3n) is 2.77. The first-order valence-electron chi connectivity index (χ1n) is 6.01. The van der Waals surface area contributed by atoms with E-state index < -0.39 is 11.6 Å². The summed E-state index contributed by atoms with van der Waals surface area (Å²) in [6.45, 7) is 3.40. The molecule has 21 heavy (non-hydrogen) atoms. The number of oxime groups is 1. The highest BCUT2D eigenvalue weighted by atomic mass is 19.2.